The topological polar surface area (TPSA) is 44.1 Å². The number of para-hydroxylation sites is 1. The summed E-state index contributed by atoms with van der Waals surface area (Å²) in [7, 11) is 0. The Morgan fingerprint density at radius 1 is 1.11 bits per heavy atom. The molecule has 0 aliphatic rings. The molecule has 0 spiro atoms. The summed E-state index contributed by atoms with van der Waals surface area (Å²) in [6, 6.07) is 16.1. The first-order valence-corrected chi connectivity index (χ1v) is 9.43. The van der Waals surface area contributed by atoms with E-state index in [0.717, 1.165) is 16.0 Å². The maximum absolute atomic E-state index is 13.2. The van der Waals surface area contributed by atoms with Crippen molar-refractivity contribution in [3.05, 3.63) is 81.7 Å². The van der Waals surface area contributed by atoms with Crippen molar-refractivity contribution >= 4 is 21.6 Å². The fourth-order valence-corrected chi connectivity index (χ4v) is 4.23. The van der Waals surface area contributed by atoms with E-state index in [0.29, 0.717) is 15.8 Å². The van der Waals surface area contributed by atoms with E-state index in [1.165, 1.54) is 28.3 Å². The van der Waals surface area contributed by atoms with E-state index in [1.807, 2.05) is 37.3 Å². The maximum Gasteiger partial charge on any atom is 0.387 e. The van der Waals surface area contributed by atoms with Gasteiger partial charge in [-0.25, -0.2) is 4.98 Å². The lowest BCUT2D eigenvalue weighted by molar-refractivity contribution is -0.0504. The molecule has 142 valence electrons. The molecule has 4 nitrogen and oxygen atoms in total. The Morgan fingerprint density at radius 3 is 2.57 bits per heavy atom. The van der Waals surface area contributed by atoms with Gasteiger partial charge in [-0.15, -0.1) is 11.3 Å². The van der Waals surface area contributed by atoms with Gasteiger partial charge in [-0.2, -0.15) is 8.78 Å². The molecule has 0 aliphatic carbocycles. The van der Waals surface area contributed by atoms with Crippen LogP contribution in [0.3, 0.4) is 0 Å². The number of hydrogen-bond donors (Lipinski definition) is 0. The van der Waals surface area contributed by atoms with Crippen molar-refractivity contribution in [2.24, 2.45) is 0 Å². The molecule has 0 radical (unpaired) electrons. The van der Waals surface area contributed by atoms with Crippen molar-refractivity contribution in [3.8, 4) is 16.9 Å². The molecule has 0 amide bonds. The molecule has 28 heavy (non-hydrogen) atoms. The van der Waals surface area contributed by atoms with Gasteiger partial charge >= 0.3 is 6.61 Å². The van der Waals surface area contributed by atoms with Crippen molar-refractivity contribution < 1.29 is 13.5 Å². The van der Waals surface area contributed by atoms with E-state index in [1.54, 1.807) is 18.2 Å². The van der Waals surface area contributed by atoms with E-state index in [9.17, 15) is 13.6 Å². The van der Waals surface area contributed by atoms with Gasteiger partial charge in [0, 0.05) is 16.0 Å². The van der Waals surface area contributed by atoms with E-state index in [4.69, 9.17) is 0 Å². The molecular weight excluding hydrogens is 382 g/mol. The molecule has 0 fully saturated rings. The number of rotatable bonds is 5. The largest absolute Gasteiger partial charge is 0.434 e. The summed E-state index contributed by atoms with van der Waals surface area (Å²) in [5.41, 5.74) is 2.09. The Labute approximate surface area is 163 Å². The average molecular weight is 398 g/mol. The highest BCUT2D eigenvalue weighted by Gasteiger charge is 2.17. The number of halogens is 2. The number of ether oxygens (including phenoxy) is 1. The lowest BCUT2D eigenvalue weighted by atomic mass is 10.0. The molecule has 0 aliphatic heterocycles. The number of alkyl halides is 2. The third-order valence-electron chi connectivity index (χ3n) is 4.45. The fraction of sp³-hybridized carbons (Fsp3) is 0.143. The van der Waals surface area contributed by atoms with Gasteiger partial charge in [0.1, 0.15) is 10.6 Å². The minimum absolute atomic E-state index is 0.0503. The molecule has 2 heterocycles. The minimum Gasteiger partial charge on any atom is -0.434 e. The number of hydrogen-bond acceptors (Lipinski definition) is 4. The second-order valence-corrected chi connectivity index (χ2v) is 7.45. The summed E-state index contributed by atoms with van der Waals surface area (Å²) in [4.78, 5) is 19.3. The zero-order chi connectivity index (χ0) is 19.7. The Hall–Kier alpha value is -3.06. The van der Waals surface area contributed by atoms with Crippen LogP contribution in [0.15, 0.2) is 65.7 Å². The number of fused-ring (bicyclic) bond motifs is 1. The van der Waals surface area contributed by atoms with Crippen LogP contribution in [0.25, 0.3) is 21.3 Å². The van der Waals surface area contributed by atoms with Crippen LogP contribution in [-0.2, 0) is 6.54 Å². The summed E-state index contributed by atoms with van der Waals surface area (Å²) in [5.74, 6) is 0.0503. The maximum atomic E-state index is 13.2. The van der Waals surface area contributed by atoms with Gasteiger partial charge in [0.25, 0.3) is 5.56 Å². The van der Waals surface area contributed by atoms with Gasteiger partial charge in [0.15, 0.2) is 0 Å². The van der Waals surface area contributed by atoms with Gasteiger partial charge in [-0.1, -0.05) is 48.5 Å². The van der Waals surface area contributed by atoms with Crippen molar-refractivity contribution in [1.29, 1.82) is 0 Å². The predicted octanol–water partition coefficient (Wildman–Crippen LogP) is 5.08. The molecule has 4 aromatic rings. The zero-order valence-electron chi connectivity index (χ0n) is 14.9. The molecular formula is C21H16F2N2O2S. The van der Waals surface area contributed by atoms with Gasteiger partial charge < -0.3 is 4.74 Å². The first-order chi connectivity index (χ1) is 13.5. The molecule has 0 saturated heterocycles. The Bertz CT molecular complexity index is 1190. The number of benzene rings is 2. The SMILES string of the molecule is Cc1sc2ncn(Cc3ccccc3OC(F)F)c(=O)c2c1-c1ccccc1. The predicted molar refractivity (Wildman–Crippen MR) is 106 cm³/mol. The average Bonchev–Trinajstić information content (AvgIpc) is 3.02. The monoisotopic (exact) mass is 398 g/mol. The highest BCUT2D eigenvalue weighted by molar-refractivity contribution is 7.19. The van der Waals surface area contributed by atoms with Gasteiger partial charge in [-0.05, 0) is 18.6 Å². The van der Waals surface area contributed by atoms with Crippen LogP contribution in [0.1, 0.15) is 10.4 Å². The third kappa shape index (κ3) is 3.41. The first-order valence-electron chi connectivity index (χ1n) is 8.61. The second-order valence-electron chi connectivity index (χ2n) is 6.24. The molecule has 7 heteroatoms. The van der Waals surface area contributed by atoms with Crippen LogP contribution >= 0.6 is 11.3 Å². The molecule has 4 rings (SSSR count). The molecule has 2 aromatic heterocycles. The number of thiophene rings is 1. The van der Waals surface area contributed by atoms with Gasteiger partial charge in [-0.3, -0.25) is 9.36 Å². The summed E-state index contributed by atoms with van der Waals surface area (Å²) < 4.78 is 31.3. The Kier molecular flexibility index (Phi) is 4.92. The van der Waals surface area contributed by atoms with Crippen LogP contribution in [0.5, 0.6) is 5.75 Å². The van der Waals surface area contributed by atoms with Crippen LogP contribution in [0.4, 0.5) is 8.78 Å². The van der Waals surface area contributed by atoms with E-state index in [2.05, 4.69) is 9.72 Å². The molecule has 0 unspecified atom stereocenters. The summed E-state index contributed by atoms with van der Waals surface area (Å²) in [6.07, 6.45) is 1.45. The standard InChI is InChI=1S/C21H16F2N2O2S/c1-13-17(14-7-3-2-4-8-14)18-19(28-13)24-12-25(20(18)26)11-15-9-5-6-10-16(15)27-21(22)23/h2-10,12,21H,11H2,1H3. The smallest absolute Gasteiger partial charge is 0.387 e. The van der Waals surface area contributed by atoms with E-state index < -0.39 is 6.61 Å². The van der Waals surface area contributed by atoms with Crippen LogP contribution < -0.4 is 10.3 Å². The van der Waals surface area contributed by atoms with E-state index in [-0.39, 0.29) is 17.9 Å². The third-order valence-corrected chi connectivity index (χ3v) is 5.46. The number of aromatic nitrogens is 2. The quantitative estimate of drug-likeness (QED) is 0.471. The first kappa shape index (κ1) is 18.3. The molecule has 2 aromatic carbocycles. The second kappa shape index (κ2) is 7.52. The summed E-state index contributed by atoms with van der Waals surface area (Å²) in [5, 5.41) is 0.545. The molecule has 0 atom stereocenters. The lowest BCUT2D eigenvalue weighted by Crippen LogP contribution is -2.21. The Balaban J connectivity index is 1.83. The van der Waals surface area contributed by atoms with Crippen LogP contribution in [0.2, 0.25) is 0 Å². The number of nitrogens with zero attached hydrogens (tertiary/aromatic N) is 2. The highest BCUT2D eigenvalue weighted by atomic mass is 32.1. The number of aryl methyl sites for hydroxylation is 1. The van der Waals surface area contributed by atoms with Crippen molar-refractivity contribution in [2.45, 2.75) is 20.1 Å². The molecule has 0 bridgehead atoms. The normalized spacial score (nSPS) is 11.3. The highest BCUT2D eigenvalue weighted by Crippen LogP contribution is 2.35. The van der Waals surface area contributed by atoms with Gasteiger partial charge in [0.05, 0.1) is 18.3 Å². The summed E-state index contributed by atoms with van der Waals surface area (Å²) in [6.45, 7) is -0.874. The fourth-order valence-electron chi connectivity index (χ4n) is 3.23. The summed E-state index contributed by atoms with van der Waals surface area (Å²) >= 11 is 1.47. The molecule has 0 N–H and O–H groups in total. The molecule has 0 saturated carbocycles. The Morgan fingerprint density at radius 2 is 1.82 bits per heavy atom. The van der Waals surface area contributed by atoms with Crippen molar-refractivity contribution in [1.82, 2.24) is 9.55 Å². The van der Waals surface area contributed by atoms with Crippen molar-refractivity contribution in [3.63, 3.8) is 0 Å². The lowest BCUT2D eigenvalue weighted by Gasteiger charge is -2.12. The zero-order valence-corrected chi connectivity index (χ0v) is 15.7. The van der Waals surface area contributed by atoms with E-state index >= 15 is 0 Å². The van der Waals surface area contributed by atoms with Crippen LogP contribution in [-0.4, -0.2) is 16.2 Å². The van der Waals surface area contributed by atoms with Gasteiger partial charge in [0.2, 0.25) is 0 Å². The minimum atomic E-state index is -2.93. The van der Waals surface area contributed by atoms with Crippen LogP contribution in [0, 0.1) is 6.92 Å². The van der Waals surface area contributed by atoms with Crippen molar-refractivity contribution in [2.75, 3.05) is 0 Å².